The highest BCUT2D eigenvalue weighted by Crippen LogP contribution is 2.13. The van der Waals surface area contributed by atoms with Gasteiger partial charge in [0, 0.05) is 12.6 Å². The maximum Gasteiger partial charge on any atom is 0.328 e. The molecule has 2 saturated heterocycles. The first-order valence-corrected chi connectivity index (χ1v) is 7.88. The summed E-state index contributed by atoms with van der Waals surface area (Å²) in [5, 5.41) is 13.9. The minimum atomic E-state index is -3.14. The van der Waals surface area contributed by atoms with Gasteiger partial charge in [-0.3, -0.25) is 9.69 Å². The van der Waals surface area contributed by atoms with Crippen molar-refractivity contribution in [3.63, 3.8) is 0 Å². The molecule has 2 atom stereocenters. The number of sulfone groups is 1. The number of carboxylic acid groups (broad SMARTS) is 1. The number of aliphatic carboxylic acids is 1. The average molecular weight is 305 g/mol. The molecule has 3 N–H and O–H groups in total. The number of rotatable bonds is 2. The Morgan fingerprint density at radius 3 is 2.65 bits per heavy atom. The van der Waals surface area contributed by atoms with Gasteiger partial charge in [-0.15, -0.1) is 0 Å². The van der Waals surface area contributed by atoms with Crippen LogP contribution >= 0.6 is 0 Å². The molecule has 0 aromatic carbocycles. The largest absolute Gasteiger partial charge is 0.480 e. The average Bonchev–Trinajstić information content (AvgIpc) is 2.68. The predicted molar refractivity (Wildman–Crippen MR) is 66.7 cm³/mol. The topological polar surface area (TPSA) is 133 Å². The highest BCUT2D eigenvalue weighted by atomic mass is 32.2. The van der Waals surface area contributed by atoms with Crippen LogP contribution in [0, 0.1) is 0 Å². The second-order valence-corrected chi connectivity index (χ2v) is 7.06. The molecule has 2 fully saturated rings. The summed E-state index contributed by atoms with van der Waals surface area (Å²) in [7, 11) is -3.14. The van der Waals surface area contributed by atoms with Crippen LogP contribution in [0.2, 0.25) is 0 Å². The van der Waals surface area contributed by atoms with Crippen LogP contribution in [0.15, 0.2) is 0 Å². The number of hydrogen-bond acceptors (Lipinski definition) is 5. The molecule has 20 heavy (non-hydrogen) atoms. The molecule has 2 unspecified atom stereocenters. The Morgan fingerprint density at radius 2 is 2.10 bits per heavy atom. The summed E-state index contributed by atoms with van der Waals surface area (Å²) in [4.78, 5) is 35.2. The van der Waals surface area contributed by atoms with E-state index in [4.69, 9.17) is 5.11 Å². The lowest BCUT2D eigenvalue weighted by Gasteiger charge is -2.33. The highest BCUT2D eigenvalue weighted by Gasteiger charge is 2.37. The van der Waals surface area contributed by atoms with Crippen LogP contribution < -0.4 is 10.6 Å². The van der Waals surface area contributed by atoms with Crippen LogP contribution in [0.4, 0.5) is 4.79 Å². The molecule has 0 saturated carbocycles. The SMILES string of the molecule is O=C1CN(C(=O)NC2CCS(=O)(=O)C2)C(C(=O)O)CN1. The Morgan fingerprint density at radius 1 is 1.40 bits per heavy atom. The van der Waals surface area contributed by atoms with Gasteiger partial charge in [0.2, 0.25) is 5.91 Å². The maximum atomic E-state index is 12.0. The fraction of sp³-hybridized carbons (Fsp3) is 0.700. The molecular formula is C10H15N3O6S. The van der Waals surface area contributed by atoms with Crippen LogP contribution in [-0.2, 0) is 19.4 Å². The van der Waals surface area contributed by atoms with Crippen molar-refractivity contribution in [3.05, 3.63) is 0 Å². The second kappa shape index (κ2) is 5.27. The molecule has 9 nitrogen and oxygen atoms in total. The zero-order chi connectivity index (χ0) is 14.9. The second-order valence-electron chi connectivity index (χ2n) is 4.84. The van der Waals surface area contributed by atoms with E-state index in [9.17, 15) is 22.8 Å². The van der Waals surface area contributed by atoms with Crippen LogP contribution in [-0.4, -0.2) is 73.0 Å². The standard InChI is InChI=1S/C10H15N3O6S/c14-8-4-13(7(3-11-8)9(15)16)10(17)12-6-1-2-20(18,19)5-6/h6-7H,1-5H2,(H,11,14)(H,12,17)(H,15,16). The van der Waals surface area contributed by atoms with Crippen molar-refractivity contribution >= 4 is 27.7 Å². The number of carbonyl (C=O) groups excluding carboxylic acids is 2. The Balaban J connectivity index is 2.02. The third kappa shape index (κ3) is 3.18. The quantitative estimate of drug-likeness (QED) is 0.529. The summed E-state index contributed by atoms with van der Waals surface area (Å²) in [5.41, 5.74) is 0. The van der Waals surface area contributed by atoms with Gasteiger partial charge in [-0.1, -0.05) is 0 Å². The van der Waals surface area contributed by atoms with Crippen molar-refractivity contribution in [2.45, 2.75) is 18.5 Å². The van der Waals surface area contributed by atoms with Crippen molar-refractivity contribution in [1.29, 1.82) is 0 Å². The molecule has 0 aliphatic carbocycles. The van der Waals surface area contributed by atoms with Crippen LogP contribution in [0.5, 0.6) is 0 Å². The molecule has 0 spiro atoms. The zero-order valence-corrected chi connectivity index (χ0v) is 11.4. The molecule has 0 aromatic heterocycles. The Kier molecular flexibility index (Phi) is 3.84. The smallest absolute Gasteiger partial charge is 0.328 e. The Bertz CT molecular complexity index is 545. The van der Waals surface area contributed by atoms with Crippen LogP contribution in [0.1, 0.15) is 6.42 Å². The van der Waals surface area contributed by atoms with E-state index in [2.05, 4.69) is 10.6 Å². The van der Waals surface area contributed by atoms with Gasteiger partial charge in [0.25, 0.3) is 0 Å². The molecule has 2 rings (SSSR count). The van der Waals surface area contributed by atoms with Crippen molar-refractivity contribution in [3.8, 4) is 0 Å². The summed E-state index contributed by atoms with van der Waals surface area (Å²) in [6.07, 6.45) is 0.297. The summed E-state index contributed by atoms with van der Waals surface area (Å²) in [6.45, 7) is -0.521. The third-order valence-corrected chi connectivity index (χ3v) is 5.06. The number of nitrogens with zero attached hydrogens (tertiary/aromatic N) is 1. The fourth-order valence-electron chi connectivity index (χ4n) is 2.24. The van der Waals surface area contributed by atoms with Crippen molar-refractivity contribution in [2.24, 2.45) is 0 Å². The van der Waals surface area contributed by atoms with Gasteiger partial charge in [0.15, 0.2) is 9.84 Å². The van der Waals surface area contributed by atoms with E-state index in [1.807, 2.05) is 0 Å². The van der Waals surface area contributed by atoms with E-state index >= 15 is 0 Å². The first kappa shape index (κ1) is 14.6. The molecule has 2 heterocycles. The van der Waals surface area contributed by atoms with Crippen molar-refractivity contribution in [1.82, 2.24) is 15.5 Å². The number of carboxylic acids is 1. The third-order valence-electron chi connectivity index (χ3n) is 3.29. The van der Waals surface area contributed by atoms with E-state index in [0.717, 1.165) is 4.90 Å². The summed E-state index contributed by atoms with van der Waals surface area (Å²) in [6, 6.07) is -2.41. The van der Waals surface area contributed by atoms with Crippen molar-refractivity contribution < 1.29 is 27.9 Å². The Hall–Kier alpha value is -1.84. The van der Waals surface area contributed by atoms with E-state index in [1.54, 1.807) is 0 Å². The molecule has 0 radical (unpaired) electrons. The monoisotopic (exact) mass is 305 g/mol. The number of hydrogen-bond donors (Lipinski definition) is 3. The molecule has 0 aromatic rings. The van der Waals surface area contributed by atoms with Gasteiger partial charge in [0.05, 0.1) is 11.5 Å². The number of urea groups is 1. The number of amides is 3. The number of nitrogens with one attached hydrogen (secondary N) is 2. The van der Waals surface area contributed by atoms with Gasteiger partial charge in [0.1, 0.15) is 12.6 Å². The van der Waals surface area contributed by atoms with Gasteiger partial charge >= 0.3 is 12.0 Å². The molecular weight excluding hydrogens is 290 g/mol. The van der Waals surface area contributed by atoms with E-state index < -0.39 is 39.8 Å². The zero-order valence-electron chi connectivity index (χ0n) is 10.5. The predicted octanol–water partition coefficient (Wildman–Crippen LogP) is -2.23. The van der Waals surface area contributed by atoms with Crippen molar-refractivity contribution in [2.75, 3.05) is 24.6 Å². The highest BCUT2D eigenvalue weighted by molar-refractivity contribution is 7.91. The lowest BCUT2D eigenvalue weighted by atomic mass is 10.2. The minimum Gasteiger partial charge on any atom is -0.480 e. The summed E-state index contributed by atoms with van der Waals surface area (Å²) >= 11 is 0. The van der Waals surface area contributed by atoms with Gasteiger partial charge in [-0.2, -0.15) is 0 Å². The van der Waals surface area contributed by atoms with Gasteiger partial charge < -0.3 is 15.7 Å². The fourth-order valence-corrected chi connectivity index (χ4v) is 3.92. The Labute approximate surface area is 115 Å². The maximum absolute atomic E-state index is 12.0. The lowest BCUT2D eigenvalue weighted by molar-refractivity contribution is -0.144. The molecule has 0 bridgehead atoms. The molecule has 3 amide bonds. The molecule has 2 aliphatic rings. The normalized spacial score (nSPS) is 28.8. The van der Waals surface area contributed by atoms with Crippen LogP contribution in [0.25, 0.3) is 0 Å². The number of carbonyl (C=O) groups is 3. The summed E-state index contributed by atoms with van der Waals surface area (Å²) in [5.74, 6) is -1.83. The van der Waals surface area contributed by atoms with Gasteiger partial charge in [-0.25, -0.2) is 18.0 Å². The van der Waals surface area contributed by atoms with E-state index in [0.29, 0.717) is 6.42 Å². The lowest BCUT2D eigenvalue weighted by Crippen LogP contribution is -2.62. The molecule has 10 heteroatoms. The molecule has 112 valence electrons. The van der Waals surface area contributed by atoms with E-state index in [-0.39, 0.29) is 24.6 Å². The first-order chi connectivity index (χ1) is 9.28. The first-order valence-electron chi connectivity index (χ1n) is 6.05. The minimum absolute atomic E-state index is 0.000786. The van der Waals surface area contributed by atoms with Gasteiger partial charge in [-0.05, 0) is 6.42 Å². The molecule has 2 aliphatic heterocycles. The van der Waals surface area contributed by atoms with Crippen LogP contribution in [0.3, 0.4) is 0 Å². The summed E-state index contributed by atoms with van der Waals surface area (Å²) < 4.78 is 22.6. The van der Waals surface area contributed by atoms with E-state index in [1.165, 1.54) is 0 Å². The number of piperazine rings is 1.